The van der Waals surface area contributed by atoms with Gasteiger partial charge in [-0.05, 0) is 0 Å². The van der Waals surface area contributed by atoms with E-state index in [1.807, 2.05) is 0 Å². The topological polar surface area (TPSA) is 0 Å². The van der Waals surface area contributed by atoms with E-state index in [9.17, 15) is 0 Å². The Kier molecular flexibility index (Phi) is 28.7. The summed E-state index contributed by atoms with van der Waals surface area (Å²) in [5, 5.41) is 0. The molecule has 0 rings (SSSR count). The first-order valence-electron chi connectivity index (χ1n) is 2.65. The number of rotatable bonds is 3. The Morgan fingerprint density at radius 1 is 1.44 bits per heavy atom. The number of hydrogen-bond acceptors (Lipinski definition) is 0. The van der Waals surface area contributed by atoms with Gasteiger partial charge in [-0.1, -0.05) is 19.8 Å². The Morgan fingerprint density at radius 3 is 2.33 bits per heavy atom. The summed E-state index contributed by atoms with van der Waals surface area (Å²) >= 11 is 0. The van der Waals surface area contributed by atoms with E-state index in [0.29, 0.717) is 0 Å². The molecule has 0 nitrogen and oxygen atoms in total. The molecule has 0 aromatic heterocycles. The van der Waals surface area contributed by atoms with Crippen molar-refractivity contribution in [2.75, 3.05) is 0 Å². The van der Waals surface area contributed by atoms with Gasteiger partial charge in [0.05, 0.1) is 0 Å². The van der Waals surface area contributed by atoms with E-state index in [1.54, 1.807) is 6.42 Å². The molecule has 0 spiro atoms. The van der Waals surface area contributed by atoms with Crippen molar-refractivity contribution in [1.82, 2.24) is 0 Å². The summed E-state index contributed by atoms with van der Waals surface area (Å²) in [7, 11) is 0. The van der Waals surface area contributed by atoms with Crippen molar-refractivity contribution < 1.29 is 37.7 Å². The van der Waals surface area contributed by atoms with E-state index in [0.717, 1.165) is 6.42 Å². The molecule has 0 aliphatic carbocycles. The Morgan fingerprint density at radius 2 is 2.00 bits per heavy atom. The van der Waals surface area contributed by atoms with E-state index in [4.69, 9.17) is 6.42 Å². The van der Waals surface area contributed by atoms with E-state index >= 15 is 0 Å². The van der Waals surface area contributed by atoms with Crippen LogP contribution in [0.15, 0.2) is 0 Å². The molecule has 0 N–H and O–H groups in total. The Labute approximate surface area is 82.5 Å². The SMILES string of the molecule is [C-]#C[CH-]CCCC.[Li+].[Li+]. The van der Waals surface area contributed by atoms with Gasteiger partial charge in [-0.3, -0.25) is 0 Å². The molecular formula is C7H10Li2. The molecule has 0 saturated heterocycles. The van der Waals surface area contributed by atoms with Gasteiger partial charge in [-0.2, -0.15) is 6.42 Å². The van der Waals surface area contributed by atoms with E-state index in [1.165, 1.54) is 12.8 Å². The normalized spacial score (nSPS) is 5.78. The Bertz CT molecular complexity index is 63.8. The summed E-state index contributed by atoms with van der Waals surface area (Å²) in [6, 6.07) is 0. The third-order valence-electron chi connectivity index (χ3n) is 0.804. The van der Waals surface area contributed by atoms with Gasteiger partial charge in [0.15, 0.2) is 0 Å². The zero-order valence-corrected chi connectivity index (χ0v) is 6.70. The van der Waals surface area contributed by atoms with Crippen LogP contribution in [0.25, 0.3) is 0 Å². The summed E-state index contributed by atoms with van der Waals surface area (Å²) in [5.74, 6) is 2.23. The molecule has 0 aromatic rings. The smallest absolute Gasteiger partial charge is 0.729 e. The van der Waals surface area contributed by atoms with Crippen molar-refractivity contribution in [3.05, 3.63) is 12.8 Å². The fraction of sp³-hybridized carbons (Fsp3) is 0.571. The van der Waals surface area contributed by atoms with Crippen LogP contribution in [0.2, 0.25) is 0 Å². The van der Waals surface area contributed by atoms with Gasteiger partial charge in [-0.15, -0.1) is 0 Å². The van der Waals surface area contributed by atoms with Gasteiger partial charge in [0.25, 0.3) is 0 Å². The van der Waals surface area contributed by atoms with Crippen LogP contribution in [0.5, 0.6) is 0 Å². The zero-order chi connectivity index (χ0) is 5.54. The molecule has 0 aromatic carbocycles. The predicted octanol–water partition coefficient (Wildman–Crippen LogP) is -4.02. The third kappa shape index (κ3) is 17.7. The van der Waals surface area contributed by atoms with Crippen LogP contribution in [-0.2, 0) is 0 Å². The van der Waals surface area contributed by atoms with Crippen molar-refractivity contribution in [2.24, 2.45) is 0 Å². The van der Waals surface area contributed by atoms with Gasteiger partial charge < -0.3 is 18.8 Å². The molecule has 0 amide bonds. The minimum Gasteiger partial charge on any atom is -0.729 e. The molecule has 40 valence electrons. The van der Waals surface area contributed by atoms with Crippen molar-refractivity contribution in [3.63, 3.8) is 0 Å². The quantitative estimate of drug-likeness (QED) is 0.149. The van der Waals surface area contributed by atoms with Crippen molar-refractivity contribution in [2.45, 2.75) is 26.2 Å². The number of unbranched alkanes of at least 4 members (excludes halogenated alkanes) is 3. The standard InChI is InChI=1S/C7H10.2Li/c1-3-5-7-6-4-2;;/h6H,3,5,7H2,1H3;;/q-2;2*+1. The molecule has 0 heterocycles. The summed E-state index contributed by atoms with van der Waals surface area (Å²) in [4.78, 5) is 0. The second kappa shape index (κ2) is 15.8. The zero-order valence-electron chi connectivity index (χ0n) is 6.70. The molecular weight excluding hydrogens is 98.0 g/mol. The minimum atomic E-state index is 0. The van der Waals surface area contributed by atoms with E-state index < -0.39 is 0 Å². The Hall–Kier alpha value is 0.625. The molecule has 9 heavy (non-hydrogen) atoms. The third-order valence-corrected chi connectivity index (χ3v) is 0.804. The maximum atomic E-state index is 6.48. The summed E-state index contributed by atoms with van der Waals surface area (Å²) in [5.41, 5.74) is 0. The Balaban J connectivity index is -0.000000180. The van der Waals surface area contributed by atoms with Crippen LogP contribution >= 0.6 is 0 Å². The van der Waals surface area contributed by atoms with Gasteiger partial charge in [-0.25, -0.2) is 0 Å². The van der Waals surface area contributed by atoms with Crippen LogP contribution in [-0.4, -0.2) is 0 Å². The second-order valence-electron chi connectivity index (χ2n) is 1.49. The van der Waals surface area contributed by atoms with Crippen molar-refractivity contribution >= 4 is 0 Å². The van der Waals surface area contributed by atoms with E-state index in [2.05, 4.69) is 12.8 Å². The molecule has 0 atom stereocenters. The first kappa shape index (κ1) is 16.3. The van der Waals surface area contributed by atoms with Crippen LogP contribution in [0, 0.1) is 18.8 Å². The first-order valence-corrected chi connectivity index (χ1v) is 2.65. The average molecular weight is 108 g/mol. The van der Waals surface area contributed by atoms with Crippen LogP contribution < -0.4 is 37.7 Å². The maximum absolute atomic E-state index is 6.48. The molecule has 0 radical (unpaired) electrons. The fourth-order valence-electron chi connectivity index (χ4n) is 0.378. The first-order chi connectivity index (χ1) is 3.41. The molecule has 0 unspecified atom stereocenters. The molecule has 0 aliphatic heterocycles. The molecule has 0 bridgehead atoms. The summed E-state index contributed by atoms with van der Waals surface area (Å²) in [6.45, 7) is 2.14. The second-order valence-corrected chi connectivity index (χ2v) is 1.49. The molecule has 0 fully saturated rings. The molecule has 0 saturated carbocycles. The summed E-state index contributed by atoms with van der Waals surface area (Å²) < 4.78 is 0. The molecule has 0 aliphatic rings. The van der Waals surface area contributed by atoms with Crippen LogP contribution in [0.1, 0.15) is 26.2 Å². The van der Waals surface area contributed by atoms with E-state index in [-0.39, 0.29) is 37.7 Å². The largest absolute Gasteiger partial charge is 1.00 e. The fourth-order valence-corrected chi connectivity index (χ4v) is 0.378. The van der Waals surface area contributed by atoms with Crippen molar-refractivity contribution in [1.29, 1.82) is 0 Å². The van der Waals surface area contributed by atoms with Crippen LogP contribution in [0.3, 0.4) is 0 Å². The monoisotopic (exact) mass is 108 g/mol. The van der Waals surface area contributed by atoms with Crippen molar-refractivity contribution in [3.8, 4) is 5.92 Å². The van der Waals surface area contributed by atoms with Gasteiger partial charge in [0.2, 0.25) is 0 Å². The summed E-state index contributed by atoms with van der Waals surface area (Å²) in [6.07, 6.45) is 11.6. The minimum absolute atomic E-state index is 0. The predicted molar refractivity (Wildman–Crippen MR) is 31.0 cm³/mol. The maximum Gasteiger partial charge on any atom is 1.00 e. The van der Waals surface area contributed by atoms with Crippen LogP contribution in [0.4, 0.5) is 0 Å². The van der Waals surface area contributed by atoms with Gasteiger partial charge in [0.1, 0.15) is 0 Å². The molecule has 2 heteroatoms. The number of hydrogen-bond donors (Lipinski definition) is 0. The van der Waals surface area contributed by atoms with Gasteiger partial charge in [0, 0.05) is 0 Å². The average Bonchev–Trinajstić information content (AvgIpc) is 1.69. The van der Waals surface area contributed by atoms with Gasteiger partial charge >= 0.3 is 37.7 Å².